The molecule has 1 heterocycles. The monoisotopic (exact) mass is 370 g/mol. The number of pyridine rings is 1. The van der Waals surface area contributed by atoms with Gasteiger partial charge in [0.05, 0.1) is 12.6 Å². The average molecular weight is 371 g/mol. The van der Waals surface area contributed by atoms with Crippen LogP contribution >= 0.6 is 11.6 Å². The summed E-state index contributed by atoms with van der Waals surface area (Å²) in [4.78, 5) is 25.2. The average Bonchev–Trinajstić information content (AvgIpc) is 2.60. The molecular formula is C20H19ClN2O3. The van der Waals surface area contributed by atoms with Crippen molar-refractivity contribution in [3.63, 3.8) is 0 Å². The molecule has 0 radical (unpaired) electrons. The quantitative estimate of drug-likeness (QED) is 0.737. The minimum atomic E-state index is -0.626. The summed E-state index contributed by atoms with van der Waals surface area (Å²) >= 11 is 6.09. The summed E-state index contributed by atoms with van der Waals surface area (Å²) in [5.41, 5.74) is 1.52. The normalized spacial score (nSPS) is 12.2. The number of halogens is 1. The first-order valence-electron chi connectivity index (χ1n) is 8.25. The van der Waals surface area contributed by atoms with Crippen LogP contribution in [-0.4, -0.2) is 21.7 Å². The minimum Gasteiger partial charge on any atom is -0.392 e. The third kappa shape index (κ3) is 3.49. The summed E-state index contributed by atoms with van der Waals surface area (Å²) in [6, 6.07) is 12.1. The lowest BCUT2D eigenvalue weighted by Crippen LogP contribution is -2.25. The number of rotatable bonds is 4. The number of aliphatic hydroxyl groups is 1. The summed E-state index contributed by atoms with van der Waals surface area (Å²) in [7, 11) is 0. The Labute approximate surface area is 155 Å². The Bertz CT molecular complexity index is 1040. The molecule has 0 saturated heterocycles. The number of carbonyl (C=O) groups is 1. The van der Waals surface area contributed by atoms with Gasteiger partial charge in [0, 0.05) is 33.2 Å². The zero-order valence-corrected chi connectivity index (χ0v) is 15.2. The maximum absolute atomic E-state index is 12.6. The molecule has 0 aliphatic carbocycles. The number of hydrogen-bond acceptors (Lipinski definition) is 3. The minimum absolute atomic E-state index is 0.210. The van der Waals surface area contributed by atoms with E-state index in [0.717, 1.165) is 0 Å². The van der Waals surface area contributed by atoms with Crippen LogP contribution in [0.3, 0.4) is 0 Å². The SMILES string of the molecule is Cc1c(Cl)cccc1C(=O)Nc1cccc2c(=O)n(CC(C)O)ccc12. The number of aromatic nitrogens is 1. The van der Waals surface area contributed by atoms with E-state index in [-0.39, 0.29) is 18.0 Å². The van der Waals surface area contributed by atoms with E-state index in [4.69, 9.17) is 11.6 Å². The van der Waals surface area contributed by atoms with E-state index in [2.05, 4.69) is 5.32 Å². The van der Waals surface area contributed by atoms with Crippen molar-refractivity contribution in [2.75, 3.05) is 5.32 Å². The van der Waals surface area contributed by atoms with E-state index in [1.807, 2.05) is 0 Å². The van der Waals surface area contributed by atoms with Gasteiger partial charge in [0.1, 0.15) is 0 Å². The van der Waals surface area contributed by atoms with Gasteiger partial charge in [0.25, 0.3) is 11.5 Å². The van der Waals surface area contributed by atoms with Gasteiger partial charge < -0.3 is 15.0 Å². The zero-order valence-electron chi connectivity index (χ0n) is 14.5. The van der Waals surface area contributed by atoms with Crippen molar-refractivity contribution in [2.24, 2.45) is 0 Å². The Hall–Kier alpha value is -2.63. The standard InChI is InChI=1S/C20H19ClN2O3/c1-12(24)11-23-10-9-15-16(20(23)26)6-4-8-18(15)22-19(25)14-5-3-7-17(21)13(14)2/h3-10,12,24H,11H2,1-2H3,(H,22,25). The molecule has 0 saturated carbocycles. The molecule has 0 fully saturated rings. The lowest BCUT2D eigenvalue weighted by molar-refractivity contribution is 0.102. The van der Waals surface area contributed by atoms with Gasteiger partial charge >= 0.3 is 0 Å². The maximum Gasteiger partial charge on any atom is 0.258 e. The van der Waals surface area contributed by atoms with Crippen LogP contribution in [-0.2, 0) is 6.54 Å². The molecule has 2 aromatic carbocycles. The van der Waals surface area contributed by atoms with Crippen molar-refractivity contribution in [3.05, 3.63) is 75.2 Å². The second kappa shape index (κ2) is 7.32. The second-order valence-corrected chi connectivity index (χ2v) is 6.66. The number of carbonyl (C=O) groups excluding carboxylic acids is 1. The molecule has 3 aromatic rings. The van der Waals surface area contributed by atoms with Gasteiger partial charge in [-0.25, -0.2) is 0 Å². The van der Waals surface area contributed by atoms with Crippen LogP contribution in [0.25, 0.3) is 10.8 Å². The van der Waals surface area contributed by atoms with Crippen LogP contribution in [0.2, 0.25) is 5.02 Å². The summed E-state index contributed by atoms with van der Waals surface area (Å²) in [5, 5.41) is 14.0. The van der Waals surface area contributed by atoms with Crippen molar-refractivity contribution in [2.45, 2.75) is 26.5 Å². The van der Waals surface area contributed by atoms with Crippen LogP contribution in [0.4, 0.5) is 5.69 Å². The Morgan fingerprint density at radius 1 is 1.19 bits per heavy atom. The highest BCUT2D eigenvalue weighted by Gasteiger charge is 2.14. The molecule has 5 nitrogen and oxygen atoms in total. The third-order valence-corrected chi connectivity index (χ3v) is 4.65. The van der Waals surface area contributed by atoms with Gasteiger partial charge in [-0.05, 0) is 49.7 Å². The number of aliphatic hydroxyl groups excluding tert-OH is 1. The summed E-state index contributed by atoms with van der Waals surface area (Å²) < 4.78 is 1.46. The fourth-order valence-corrected chi connectivity index (χ4v) is 3.07. The van der Waals surface area contributed by atoms with Crippen LogP contribution in [0, 0.1) is 6.92 Å². The van der Waals surface area contributed by atoms with Crippen molar-refractivity contribution in [3.8, 4) is 0 Å². The number of hydrogen-bond donors (Lipinski definition) is 2. The molecule has 1 aromatic heterocycles. The van der Waals surface area contributed by atoms with Gasteiger partial charge in [-0.2, -0.15) is 0 Å². The van der Waals surface area contributed by atoms with Crippen LogP contribution < -0.4 is 10.9 Å². The van der Waals surface area contributed by atoms with Gasteiger partial charge in [0.15, 0.2) is 0 Å². The van der Waals surface area contributed by atoms with Gasteiger partial charge in [0.2, 0.25) is 0 Å². The molecule has 26 heavy (non-hydrogen) atoms. The first kappa shape index (κ1) is 18.2. The van der Waals surface area contributed by atoms with Crippen molar-refractivity contribution in [1.29, 1.82) is 0 Å². The number of fused-ring (bicyclic) bond motifs is 1. The van der Waals surface area contributed by atoms with Crippen LogP contribution in [0.1, 0.15) is 22.8 Å². The third-order valence-electron chi connectivity index (χ3n) is 4.24. The Morgan fingerprint density at radius 3 is 2.65 bits per heavy atom. The lowest BCUT2D eigenvalue weighted by Gasteiger charge is -2.13. The molecule has 3 rings (SSSR count). The molecule has 0 bridgehead atoms. The molecule has 1 atom stereocenters. The molecule has 0 aliphatic heterocycles. The van der Waals surface area contributed by atoms with Crippen molar-refractivity contribution < 1.29 is 9.90 Å². The van der Waals surface area contributed by atoms with Gasteiger partial charge in [-0.1, -0.05) is 23.7 Å². The van der Waals surface area contributed by atoms with Crippen LogP contribution in [0.5, 0.6) is 0 Å². The highest BCUT2D eigenvalue weighted by molar-refractivity contribution is 6.32. The summed E-state index contributed by atoms with van der Waals surface area (Å²) in [5.74, 6) is -0.286. The van der Waals surface area contributed by atoms with E-state index in [0.29, 0.717) is 32.6 Å². The summed E-state index contributed by atoms with van der Waals surface area (Å²) in [6.07, 6.45) is 0.997. The van der Waals surface area contributed by atoms with E-state index in [1.54, 1.807) is 62.5 Å². The molecule has 1 unspecified atom stereocenters. The zero-order chi connectivity index (χ0) is 18.8. The van der Waals surface area contributed by atoms with Gasteiger partial charge in [-0.3, -0.25) is 9.59 Å². The number of anilines is 1. The van der Waals surface area contributed by atoms with E-state index in [9.17, 15) is 14.7 Å². The highest BCUT2D eigenvalue weighted by atomic mass is 35.5. The van der Waals surface area contributed by atoms with Crippen LogP contribution in [0.15, 0.2) is 53.5 Å². The second-order valence-electron chi connectivity index (χ2n) is 6.26. The Balaban J connectivity index is 2.01. The number of benzene rings is 2. The van der Waals surface area contributed by atoms with E-state index < -0.39 is 6.10 Å². The number of nitrogens with zero attached hydrogens (tertiary/aromatic N) is 1. The summed E-state index contributed by atoms with van der Waals surface area (Å²) in [6.45, 7) is 3.63. The first-order valence-corrected chi connectivity index (χ1v) is 8.63. The number of nitrogens with one attached hydrogen (secondary N) is 1. The molecule has 0 aliphatic rings. The van der Waals surface area contributed by atoms with E-state index >= 15 is 0 Å². The molecular weight excluding hydrogens is 352 g/mol. The van der Waals surface area contributed by atoms with E-state index in [1.165, 1.54) is 4.57 Å². The van der Waals surface area contributed by atoms with Crippen molar-refractivity contribution in [1.82, 2.24) is 4.57 Å². The lowest BCUT2D eigenvalue weighted by atomic mass is 10.1. The first-order chi connectivity index (χ1) is 12.4. The largest absolute Gasteiger partial charge is 0.392 e. The maximum atomic E-state index is 12.6. The topological polar surface area (TPSA) is 71.3 Å². The predicted molar refractivity (Wildman–Crippen MR) is 104 cm³/mol. The molecule has 6 heteroatoms. The molecule has 0 spiro atoms. The molecule has 1 amide bonds. The van der Waals surface area contributed by atoms with Crippen molar-refractivity contribution >= 4 is 34.0 Å². The predicted octanol–water partition coefficient (Wildman–Crippen LogP) is 3.60. The number of amides is 1. The fraction of sp³-hybridized carbons (Fsp3) is 0.200. The van der Waals surface area contributed by atoms with Gasteiger partial charge in [-0.15, -0.1) is 0 Å². The Kier molecular flexibility index (Phi) is 5.11. The fourth-order valence-electron chi connectivity index (χ4n) is 2.90. The smallest absolute Gasteiger partial charge is 0.258 e. The highest BCUT2D eigenvalue weighted by Crippen LogP contribution is 2.24. The molecule has 134 valence electrons. The molecule has 2 N–H and O–H groups in total. The Morgan fingerprint density at radius 2 is 1.92 bits per heavy atom.